The SMILES string of the molecule is CC/C=C\C/C=C\C/C=C\C/C=C\CCCCCCC(=O)O[C@H](COC(=O)CCCCCCC/C=C\CCCC)COC(=O)CCCCCCCCCCCCC. The first-order valence-electron chi connectivity index (χ1n) is 23.8. The number of rotatable bonds is 42. The monoisotopic (exact) mass is 797 g/mol. The summed E-state index contributed by atoms with van der Waals surface area (Å²) in [5.74, 6) is -0.921. The Labute approximate surface area is 351 Å². The number of hydrogen-bond donors (Lipinski definition) is 0. The van der Waals surface area contributed by atoms with Crippen molar-refractivity contribution in [3.8, 4) is 0 Å². The molecule has 0 fully saturated rings. The molecule has 0 aromatic rings. The first kappa shape index (κ1) is 54.1. The lowest BCUT2D eigenvalue weighted by atomic mass is 10.1. The second-order valence-electron chi connectivity index (χ2n) is 15.6. The fourth-order valence-electron chi connectivity index (χ4n) is 6.41. The van der Waals surface area contributed by atoms with Crippen molar-refractivity contribution in [1.29, 1.82) is 0 Å². The molecule has 0 aliphatic heterocycles. The van der Waals surface area contributed by atoms with Crippen molar-refractivity contribution in [2.75, 3.05) is 13.2 Å². The summed E-state index contributed by atoms with van der Waals surface area (Å²) in [6.45, 7) is 6.44. The van der Waals surface area contributed by atoms with Crippen LogP contribution in [0, 0.1) is 0 Å². The van der Waals surface area contributed by atoms with Crippen molar-refractivity contribution in [2.24, 2.45) is 0 Å². The van der Waals surface area contributed by atoms with E-state index in [9.17, 15) is 14.4 Å². The van der Waals surface area contributed by atoms with E-state index in [0.29, 0.717) is 19.3 Å². The molecule has 6 nitrogen and oxygen atoms in total. The van der Waals surface area contributed by atoms with Crippen LogP contribution in [-0.4, -0.2) is 37.2 Å². The molecule has 0 heterocycles. The van der Waals surface area contributed by atoms with Crippen molar-refractivity contribution in [3.05, 3.63) is 60.8 Å². The van der Waals surface area contributed by atoms with E-state index in [2.05, 4.69) is 81.5 Å². The Balaban J connectivity index is 4.42. The van der Waals surface area contributed by atoms with E-state index in [1.807, 2.05) is 0 Å². The van der Waals surface area contributed by atoms with E-state index in [4.69, 9.17) is 14.2 Å². The largest absolute Gasteiger partial charge is 0.462 e. The van der Waals surface area contributed by atoms with Gasteiger partial charge in [-0.1, -0.05) is 191 Å². The van der Waals surface area contributed by atoms with Gasteiger partial charge in [0.2, 0.25) is 0 Å². The highest BCUT2D eigenvalue weighted by molar-refractivity contribution is 5.71. The summed E-state index contributed by atoms with van der Waals surface area (Å²) < 4.78 is 16.7. The molecular weight excluding hydrogens is 709 g/mol. The van der Waals surface area contributed by atoms with Gasteiger partial charge >= 0.3 is 17.9 Å². The summed E-state index contributed by atoms with van der Waals surface area (Å²) in [6, 6.07) is 0. The Morgan fingerprint density at radius 2 is 0.702 bits per heavy atom. The van der Waals surface area contributed by atoms with E-state index in [-0.39, 0.29) is 31.1 Å². The van der Waals surface area contributed by atoms with Gasteiger partial charge in [0, 0.05) is 19.3 Å². The van der Waals surface area contributed by atoms with Gasteiger partial charge in [0.1, 0.15) is 13.2 Å². The maximum absolute atomic E-state index is 12.7. The summed E-state index contributed by atoms with van der Waals surface area (Å²) >= 11 is 0. The zero-order valence-electron chi connectivity index (χ0n) is 37.3. The van der Waals surface area contributed by atoms with Gasteiger partial charge in [0.15, 0.2) is 6.10 Å². The first-order valence-corrected chi connectivity index (χ1v) is 23.8. The molecule has 6 heteroatoms. The van der Waals surface area contributed by atoms with Gasteiger partial charge in [-0.2, -0.15) is 0 Å². The molecule has 0 aliphatic carbocycles. The van der Waals surface area contributed by atoms with Gasteiger partial charge in [-0.05, 0) is 77.0 Å². The quantitative estimate of drug-likeness (QED) is 0.0265. The molecule has 1 atom stereocenters. The van der Waals surface area contributed by atoms with Crippen LogP contribution in [0.4, 0.5) is 0 Å². The third kappa shape index (κ3) is 44.1. The highest BCUT2D eigenvalue weighted by Crippen LogP contribution is 2.14. The lowest BCUT2D eigenvalue weighted by Crippen LogP contribution is -2.30. The molecule has 0 amide bonds. The van der Waals surface area contributed by atoms with E-state index >= 15 is 0 Å². The molecule has 0 aromatic heterocycles. The molecule has 57 heavy (non-hydrogen) atoms. The van der Waals surface area contributed by atoms with Crippen LogP contribution < -0.4 is 0 Å². The van der Waals surface area contributed by atoms with Crippen LogP contribution in [-0.2, 0) is 28.6 Å². The molecule has 328 valence electrons. The van der Waals surface area contributed by atoms with Gasteiger partial charge in [-0.3, -0.25) is 14.4 Å². The Morgan fingerprint density at radius 1 is 0.368 bits per heavy atom. The maximum Gasteiger partial charge on any atom is 0.306 e. The molecule has 0 aromatic carbocycles. The average Bonchev–Trinajstić information content (AvgIpc) is 3.21. The molecule has 0 saturated carbocycles. The minimum atomic E-state index is -0.786. The summed E-state index contributed by atoms with van der Waals surface area (Å²) in [6.07, 6.45) is 54.8. The Morgan fingerprint density at radius 3 is 1.14 bits per heavy atom. The van der Waals surface area contributed by atoms with E-state index in [0.717, 1.165) is 103 Å². The fraction of sp³-hybridized carbons (Fsp3) is 0.745. The van der Waals surface area contributed by atoms with Crippen LogP contribution in [0.5, 0.6) is 0 Å². The molecule has 0 radical (unpaired) electrons. The second kappa shape index (κ2) is 45.8. The van der Waals surface area contributed by atoms with Gasteiger partial charge in [-0.25, -0.2) is 0 Å². The van der Waals surface area contributed by atoms with Crippen LogP contribution in [0.1, 0.15) is 226 Å². The highest BCUT2D eigenvalue weighted by Gasteiger charge is 2.19. The zero-order valence-corrected chi connectivity index (χ0v) is 37.3. The smallest absolute Gasteiger partial charge is 0.306 e. The molecule has 0 aliphatic rings. The van der Waals surface area contributed by atoms with Gasteiger partial charge in [-0.15, -0.1) is 0 Å². The lowest BCUT2D eigenvalue weighted by molar-refractivity contribution is -0.167. The van der Waals surface area contributed by atoms with Crippen molar-refractivity contribution in [1.82, 2.24) is 0 Å². The number of allylic oxidation sites excluding steroid dienone is 10. The normalized spacial score (nSPS) is 12.5. The Kier molecular flexibility index (Phi) is 43.5. The van der Waals surface area contributed by atoms with Gasteiger partial charge in [0.05, 0.1) is 0 Å². The predicted molar refractivity (Wildman–Crippen MR) is 242 cm³/mol. The van der Waals surface area contributed by atoms with E-state index in [1.165, 1.54) is 83.5 Å². The molecule has 0 bridgehead atoms. The topological polar surface area (TPSA) is 78.9 Å². The molecule has 0 unspecified atom stereocenters. The predicted octanol–water partition coefficient (Wildman–Crippen LogP) is 15.3. The minimum absolute atomic E-state index is 0.0857. The van der Waals surface area contributed by atoms with Crippen molar-refractivity contribution >= 4 is 17.9 Å². The molecule has 0 N–H and O–H groups in total. The maximum atomic E-state index is 12.7. The summed E-state index contributed by atoms with van der Waals surface area (Å²) in [7, 11) is 0. The number of hydrogen-bond acceptors (Lipinski definition) is 6. The summed E-state index contributed by atoms with van der Waals surface area (Å²) in [4.78, 5) is 37.8. The van der Waals surface area contributed by atoms with Crippen molar-refractivity contribution in [3.63, 3.8) is 0 Å². The number of carbonyl (C=O) groups excluding carboxylic acids is 3. The van der Waals surface area contributed by atoms with E-state index in [1.54, 1.807) is 0 Å². The minimum Gasteiger partial charge on any atom is -0.462 e. The van der Waals surface area contributed by atoms with Crippen LogP contribution in [0.15, 0.2) is 60.8 Å². The number of ether oxygens (including phenoxy) is 3. The Bertz CT molecular complexity index is 1050. The van der Waals surface area contributed by atoms with Crippen molar-refractivity contribution < 1.29 is 28.6 Å². The van der Waals surface area contributed by atoms with E-state index < -0.39 is 6.10 Å². The first-order chi connectivity index (χ1) is 28.0. The zero-order chi connectivity index (χ0) is 41.5. The summed E-state index contributed by atoms with van der Waals surface area (Å²) in [5, 5.41) is 0. The summed E-state index contributed by atoms with van der Waals surface area (Å²) in [5.41, 5.74) is 0. The van der Waals surface area contributed by atoms with Crippen LogP contribution in [0.25, 0.3) is 0 Å². The molecule has 0 saturated heterocycles. The molecular formula is C51H88O6. The Hall–Kier alpha value is -2.89. The third-order valence-electron chi connectivity index (χ3n) is 10.0. The standard InChI is InChI=1S/C51H88O6/c1-4-7-10-13-16-19-22-23-24-25-26-27-30-33-36-39-42-45-51(54)57-48(46-55-49(52)43-40-37-34-31-28-20-17-14-11-8-5-2)47-56-50(53)44-41-38-35-32-29-21-18-15-12-9-6-3/h7,10,14,16-17,19,23-24,26-27,48H,4-6,8-9,11-13,15,18,20-22,25,28-47H2,1-3H3/b10-7-,17-14-,19-16-,24-23-,27-26-/t48-/m1/s1. The fourth-order valence-corrected chi connectivity index (χ4v) is 6.41. The third-order valence-corrected chi connectivity index (χ3v) is 10.0. The number of esters is 3. The van der Waals surface area contributed by atoms with Crippen LogP contribution in [0.3, 0.4) is 0 Å². The van der Waals surface area contributed by atoms with Crippen LogP contribution >= 0.6 is 0 Å². The number of unbranched alkanes of at least 4 members (excludes halogenated alkanes) is 21. The van der Waals surface area contributed by atoms with Crippen LogP contribution in [0.2, 0.25) is 0 Å². The molecule has 0 rings (SSSR count). The lowest BCUT2D eigenvalue weighted by Gasteiger charge is -2.18. The average molecular weight is 797 g/mol. The molecule has 0 spiro atoms. The van der Waals surface area contributed by atoms with Crippen molar-refractivity contribution in [2.45, 2.75) is 232 Å². The van der Waals surface area contributed by atoms with Gasteiger partial charge in [0.25, 0.3) is 0 Å². The second-order valence-corrected chi connectivity index (χ2v) is 15.6. The highest BCUT2D eigenvalue weighted by atomic mass is 16.6. The van der Waals surface area contributed by atoms with Gasteiger partial charge < -0.3 is 14.2 Å². The number of carbonyl (C=O) groups is 3.